The first kappa shape index (κ1) is 13.8. The summed E-state index contributed by atoms with van der Waals surface area (Å²) >= 11 is 0. The summed E-state index contributed by atoms with van der Waals surface area (Å²) in [6, 6.07) is 0.966. The quantitative estimate of drug-likeness (QED) is 0.575. The number of H-pyrrole nitrogens is 1. The molecule has 0 saturated carbocycles. The zero-order valence-electron chi connectivity index (χ0n) is 9.20. The van der Waals surface area contributed by atoms with E-state index in [2.05, 4.69) is 12.8 Å². The molecule has 1 aromatic heterocycles. The number of aromatic amines is 1. The summed E-state index contributed by atoms with van der Waals surface area (Å²) in [6.45, 7) is -0.250. The summed E-state index contributed by atoms with van der Waals surface area (Å²) in [6.07, 6.45) is 2.47. The zero-order valence-corrected chi connectivity index (χ0v) is 9.20. The van der Waals surface area contributed by atoms with E-state index in [0.29, 0.717) is 6.42 Å². The standard InChI is InChI=1S/C8H9BN2O3.CH3BO/c9-5-1-2-7(14-5)11-4-3-6(12)10-8(11)13;2-1-3/h3-5,7H,1-2H2,(H,10,12,13);3H,1H2/t5-,7?;/m0./s1. The van der Waals surface area contributed by atoms with Gasteiger partial charge in [0, 0.05) is 24.8 Å². The molecule has 2 heterocycles. The van der Waals surface area contributed by atoms with Crippen molar-refractivity contribution in [2.45, 2.75) is 25.1 Å². The highest BCUT2D eigenvalue weighted by atomic mass is 16.5. The summed E-state index contributed by atoms with van der Waals surface area (Å²) < 4.78 is 6.63. The molecule has 0 bridgehead atoms. The predicted molar refractivity (Wildman–Crippen MR) is 63.1 cm³/mol. The molecule has 1 aliphatic heterocycles. The highest BCUT2D eigenvalue weighted by molar-refractivity contribution is 6.11. The second kappa shape index (κ2) is 6.46. The number of aromatic nitrogens is 2. The number of aliphatic hydroxyl groups is 1. The zero-order chi connectivity index (χ0) is 12.8. The third kappa shape index (κ3) is 3.90. The summed E-state index contributed by atoms with van der Waals surface area (Å²) in [5.41, 5.74) is -0.870. The van der Waals surface area contributed by atoms with Crippen LogP contribution in [0.5, 0.6) is 0 Å². The molecule has 1 unspecified atom stereocenters. The molecule has 6 nitrogen and oxygen atoms in total. The molecule has 2 rings (SSSR count). The molecule has 0 aliphatic carbocycles. The normalized spacial score (nSPS) is 22.9. The maximum atomic E-state index is 11.3. The average Bonchev–Trinajstić information content (AvgIpc) is 2.66. The molecule has 8 heteroatoms. The van der Waals surface area contributed by atoms with Crippen LogP contribution in [-0.2, 0) is 4.74 Å². The van der Waals surface area contributed by atoms with Crippen LogP contribution in [-0.4, -0.2) is 42.9 Å². The van der Waals surface area contributed by atoms with Gasteiger partial charge in [0.1, 0.15) is 21.9 Å². The van der Waals surface area contributed by atoms with Crippen LogP contribution in [0.3, 0.4) is 0 Å². The number of nitrogens with one attached hydrogen (secondary N) is 1. The Morgan fingerprint density at radius 3 is 2.65 bits per heavy atom. The fourth-order valence-electron chi connectivity index (χ4n) is 1.50. The number of hydrogen-bond donors (Lipinski definition) is 2. The second-order valence-electron chi connectivity index (χ2n) is 3.41. The van der Waals surface area contributed by atoms with Crippen molar-refractivity contribution in [1.29, 1.82) is 0 Å². The van der Waals surface area contributed by atoms with Gasteiger partial charge in [0.2, 0.25) is 0 Å². The van der Waals surface area contributed by atoms with Crippen LogP contribution in [0.4, 0.5) is 0 Å². The first-order valence-corrected chi connectivity index (χ1v) is 5.12. The van der Waals surface area contributed by atoms with E-state index in [-0.39, 0.29) is 18.7 Å². The predicted octanol–water partition coefficient (Wildman–Crippen LogP) is -1.56. The second-order valence-corrected chi connectivity index (χ2v) is 3.41. The van der Waals surface area contributed by atoms with E-state index in [1.807, 2.05) is 0 Å². The molecule has 0 aromatic carbocycles. The SMILES string of the molecule is [B]CO.[B][C@@H]1CCC(n2ccc(=O)[nH]c2=O)O1. The van der Waals surface area contributed by atoms with Crippen molar-refractivity contribution in [3.05, 3.63) is 33.1 Å². The minimum Gasteiger partial charge on any atom is -0.406 e. The van der Waals surface area contributed by atoms with E-state index in [1.165, 1.54) is 16.8 Å². The van der Waals surface area contributed by atoms with E-state index in [9.17, 15) is 9.59 Å². The molecule has 1 aliphatic rings. The van der Waals surface area contributed by atoms with Gasteiger partial charge in [-0.05, 0) is 12.8 Å². The van der Waals surface area contributed by atoms with E-state index >= 15 is 0 Å². The fraction of sp³-hybridized carbons (Fsp3) is 0.556. The molecule has 1 saturated heterocycles. The van der Waals surface area contributed by atoms with E-state index in [1.54, 1.807) is 0 Å². The smallest absolute Gasteiger partial charge is 0.330 e. The Bertz CT molecular complexity index is 459. The van der Waals surface area contributed by atoms with Crippen molar-refractivity contribution < 1.29 is 9.84 Å². The van der Waals surface area contributed by atoms with Crippen LogP contribution < -0.4 is 11.2 Å². The summed E-state index contributed by atoms with van der Waals surface area (Å²) in [7, 11) is 9.94. The molecule has 0 amide bonds. The molecular weight excluding hydrogens is 222 g/mol. The van der Waals surface area contributed by atoms with E-state index in [4.69, 9.17) is 17.7 Å². The number of nitrogens with zero attached hydrogens (tertiary/aromatic N) is 1. The van der Waals surface area contributed by atoms with Crippen molar-refractivity contribution in [3.8, 4) is 0 Å². The maximum absolute atomic E-state index is 11.3. The van der Waals surface area contributed by atoms with Crippen LogP contribution in [0.2, 0.25) is 0 Å². The van der Waals surface area contributed by atoms with Crippen molar-refractivity contribution >= 4 is 15.7 Å². The Morgan fingerprint density at radius 1 is 1.53 bits per heavy atom. The molecule has 2 N–H and O–H groups in total. The monoisotopic (exact) mass is 234 g/mol. The Kier molecular flexibility index (Phi) is 5.24. The first-order valence-electron chi connectivity index (χ1n) is 5.12. The Balaban J connectivity index is 0.000000437. The molecule has 1 aromatic rings. The molecule has 1 fully saturated rings. The van der Waals surface area contributed by atoms with Crippen molar-refractivity contribution in [2.24, 2.45) is 0 Å². The topological polar surface area (TPSA) is 84.3 Å². The van der Waals surface area contributed by atoms with Crippen LogP contribution in [0.15, 0.2) is 21.9 Å². The lowest BCUT2D eigenvalue weighted by molar-refractivity contribution is 0.0340. The number of aliphatic hydroxyl groups excluding tert-OH is 1. The average molecular weight is 234 g/mol. The third-order valence-corrected chi connectivity index (χ3v) is 2.19. The Morgan fingerprint density at radius 2 is 2.18 bits per heavy atom. The first-order chi connectivity index (χ1) is 8.08. The minimum atomic E-state index is -0.461. The van der Waals surface area contributed by atoms with E-state index in [0.717, 1.165) is 6.42 Å². The molecule has 2 atom stereocenters. The highest BCUT2D eigenvalue weighted by Crippen LogP contribution is 2.24. The van der Waals surface area contributed by atoms with Gasteiger partial charge in [0.25, 0.3) is 5.56 Å². The summed E-state index contributed by atoms with van der Waals surface area (Å²) in [4.78, 5) is 24.3. The molecule has 88 valence electrons. The summed E-state index contributed by atoms with van der Waals surface area (Å²) in [5.74, 6) is 0. The minimum absolute atomic E-state index is 0.250. The van der Waals surface area contributed by atoms with Gasteiger partial charge < -0.3 is 9.84 Å². The van der Waals surface area contributed by atoms with Crippen molar-refractivity contribution in [2.75, 3.05) is 6.51 Å². The van der Waals surface area contributed by atoms with Crippen molar-refractivity contribution in [3.63, 3.8) is 0 Å². The fourth-order valence-corrected chi connectivity index (χ4v) is 1.50. The molecule has 17 heavy (non-hydrogen) atoms. The maximum Gasteiger partial charge on any atom is 0.330 e. The van der Waals surface area contributed by atoms with Gasteiger partial charge >= 0.3 is 5.69 Å². The lowest BCUT2D eigenvalue weighted by Crippen LogP contribution is -2.31. The number of ether oxygens (including phenoxy) is 1. The van der Waals surface area contributed by atoms with Gasteiger partial charge in [-0.25, -0.2) is 4.79 Å². The Hall–Kier alpha value is -1.27. The van der Waals surface area contributed by atoms with Gasteiger partial charge in [0.15, 0.2) is 0 Å². The lowest BCUT2D eigenvalue weighted by Gasteiger charge is -2.13. The van der Waals surface area contributed by atoms with Gasteiger partial charge in [-0.15, -0.1) is 0 Å². The molecule has 4 radical (unpaired) electrons. The van der Waals surface area contributed by atoms with Crippen LogP contribution in [0, 0.1) is 0 Å². The largest absolute Gasteiger partial charge is 0.406 e. The van der Waals surface area contributed by atoms with Gasteiger partial charge in [-0.2, -0.15) is 0 Å². The van der Waals surface area contributed by atoms with Gasteiger partial charge in [0.05, 0.1) is 0 Å². The van der Waals surface area contributed by atoms with E-state index < -0.39 is 11.2 Å². The van der Waals surface area contributed by atoms with Gasteiger partial charge in [-0.1, -0.05) is 0 Å². The number of rotatable bonds is 1. The number of hydrogen-bond acceptors (Lipinski definition) is 4. The van der Waals surface area contributed by atoms with Crippen LogP contribution in [0.25, 0.3) is 0 Å². The molecular formula is C9H12B2N2O4. The van der Waals surface area contributed by atoms with Crippen LogP contribution >= 0.6 is 0 Å². The Labute approximate surface area is 100 Å². The van der Waals surface area contributed by atoms with Crippen molar-refractivity contribution in [1.82, 2.24) is 9.55 Å². The highest BCUT2D eigenvalue weighted by Gasteiger charge is 2.23. The summed E-state index contributed by atoms with van der Waals surface area (Å²) in [5, 5.41) is 7.35. The van der Waals surface area contributed by atoms with Gasteiger partial charge in [-0.3, -0.25) is 14.3 Å². The lowest BCUT2D eigenvalue weighted by atomic mass is 9.98. The molecule has 0 spiro atoms. The third-order valence-electron chi connectivity index (χ3n) is 2.19. The van der Waals surface area contributed by atoms with Crippen LogP contribution in [0.1, 0.15) is 19.1 Å².